The highest BCUT2D eigenvalue weighted by molar-refractivity contribution is 4.85. The van der Waals surface area contributed by atoms with Crippen LogP contribution in [0, 0.1) is 11.8 Å². The molecule has 0 heterocycles. The first-order valence-electron chi connectivity index (χ1n) is 5.12. The molecule has 2 fully saturated rings. The summed E-state index contributed by atoms with van der Waals surface area (Å²) in [5.41, 5.74) is 0. The summed E-state index contributed by atoms with van der Waals surface area (Å²) in [5.74, 6) is 1.41. The number of hydrogen-bond donors (Lipinski definition) is 2. The minimum Gasteiger partial charge on any atom is -0.393 e. The highest BCUT2D eigenvalue weighted by Gasteiger charge is 2.34. The summed E-state index contributed by atoms with van der Waals surface area (Å²) in [5, 5.41) is 18.9. The summed E-state index contributed by atoms with van der Waals surface area (Å²) < 4.78 is 0. The maximum Gasteiger partial charge on any atom is 0.0543 e. The van der Waals surface area contributed by atoms with E-state index in [-0.39, 0.29) is 12.2 Å². The van der Waals surface area contributed by atoms with Gasteiger partial charge in [0.05, 0.1) is 12.2 Å². The summed E-state index contributed by atoms with van der Waals surface area (Å²) in [6, 6.07) is 0. The number of aliphatic hydroxyl groups excluding tert-OH is 2. The molecule has 2 aliphatic carbocycles. The first-order valence-corrected chi connectivity index (χ1v) is 5.12. The van der Waals surface area contributed by atoms with Crippen molar-refractivity contribution in [3.8, 4) is 0 Å². The van der Waals surface area contributed by atoms with Gasteiger partial charge in [0.25, 0.3) is 0 Å². The predicted molar refractivity (Wildman–Crippen MR) is 46.7 cm³/mol. The SMILES string of the molecule is O[C@H]1CC[C@@H]2C[C@@H](O)CC[C@@H]2C1. The van der Waals surface area contributed by atoms with E-state index in [1.54, 1.807) is 0 Å². The molecule has 0 saturated heterocycles. The molecule has 70 valence electrons. The number of hydrogen-bond acceptors (Lipinski definition) is 2. The fourth-order valence-corrected chi connectivity index (χ4v) is 2.84. The Balaban J connectivity index is 1.94. The predicted octanol–water partition coefficient (Wildman–Crippen LogP) is 1.31. The van der Waals surface area contributed by atoms with Gasteiger partial charge >= 0.3 is 0 Å². The lowest BCUT2D eigenvalue weighted by molar-refractivity contribution is 0.00480. The van der Waals surface area contributed by atoms with Crippen molar-refractivity contribution in [2.24, 2.45) is 11.8 Å². The van der Waals surface area contributed by atoms with Gasteiger partial charge in [0.2, 0.25) is 0 Å². The Morgan fingerprint density at radius 1 is 0.667 bits per heavy atom. The topological polar surface area (TPSA) is 40.5 Å². The lowest BCUT2D eigenvalue weighted by Gasteiger charge is -2.39. The molecule has 0 aromatic carbocycles. The second-order valence-corrected chi connectivity index (χ2v) is 4.45. The van der Waals surface area contributed by atoms with Crippen LogP contribution < -0.4 is 0 Å². The number of fused-ring (bicyclic) bond motifs is 1. The lowest BCUT2D eigenvalue weighted by Crippen LogP contribution is -2.34. The lowest BCUT2D eigenvalue weighted by atomic mass is 9.69. The van der Waals surface area contributed by atoms with E-state index in [2.05, 4.69) is 0 Å². The van der Waals surface area contributed by atoms with Crippen LogP contribution in [0.5, 0.6) is 0 Å². The first kappa shape index (κ1) is 8.52. The van der Waals surface area contributed by atoms with Crippen molar-refractivity contribution in [3.63, 3.8) is 0 Å². The van der Waals surface area contributed by atoms with Crippen LogP contribution in [0.2, 0.25) is 0 Å². The summed E-state index contributed by atoms with van der Waals surface area (Å²) in [7, 11) is 0. The molecule has 0 aromatic heterocycles. The van der Waals surface area contributed by atoms with Crippen molar-refractivity contribution in [2.45, 2.75) is 50.7 Å². The third-order valence-corrected chi connectivity index (χ3v) is 3.56. The molecular formula is C10H18O2. The monoisotopic (exact) mass is 170 g/mol. The van der Waals surface area contributed by atoms with E-state index < -0.39 is 0 Å². The first-order chi connectivity index (χ1) is 5.75. The molecule has 0 aliphatic heterocycles. The fraction of sp³-hybridized carbons (Fsp3) is 1.00. The van der Waals surface area contributed by atoms with Gasteiger partial charge in [0, 0.05) is 0 Å². The van der Waals surface area contributed by atoms with E-state index in [1.165, 1.54) is 0 Å². The second-order valence-electron chi connectivity index (χ2n) is 4.45. The molecule has 2 nitrogen and oxygen atoms in total. The average molecular weight is 170 g/mol. The number of rotatable bonds is 0. The van der Waals surface area contributed by atoms with Crippen LogP contribution in [0.1, 0.15) is 38.5 Å². The van der Waals surface area contributed by atoms with E-state index >= 15 is 0 Å². The van der Waals surface area contributed by atoms with Crippen molar-refractivity contribution in [3.05, 3.63) is 0 Å². The van der Waals surface area contributed by atoms with Crippen molar-refractivity contribution in [1.29, 1.82) is 0 Å². The Labute approximate surface area is 73.6 Å². The highest BCUT2D eigenvalue weighted by atomic mass is 16.3. The molecule has 0 bridgehead atoms. The third kappa shape index (κ3) is 1.64. The van der Waals surface area contributed by atoms with Gasteiger partial charge in [-0.1, -0.05) is 0 Å². The molecule has 0 aromatic rings. The van der Waals surface area contributed by atoms with E-state index in [0.717, 1.165) is 38.5 Å². The highest BCUT2D eigenvalue weighted by Crippen LogP contribution is 2.40. The second kappa shape index (κ2) is 3.35. The quantitative estimate of drug-likeness (QED) is 0.575. The Morgan fingerprint density at radius 2 is 1.08 bits per heavy atom. The minimum atomic E-state index is -0.0542. The standard InChI is InChI=1S/C10H18O2/c11-9-3-1-7-5-10(12)4-2-8(7)6-9/h7-12H,1-6H2/t7-,8-,9+,10+/m1/s1. The van der Waals surface area contributed by atoms with Crippen molar-refractivity contribution < 1.29 is 10.2 Å². The van der Waals surface area contributed by atoms with Crippen molar-refractivity contribution >= 4 is 0 Å². The van der Waals surface area contributed by atoms with Gasteiger partial charge in [-0.15, -0.1) is 0 Å². The molecule has 2 aliphatic rings. The zero-order valence-electron chi connectivity index (χ0n) is 7.45. The van der Waals surface area contributed by atoms with Crippen LogP contribution in [0.15, 0.2) is 0 Å². The molecule has 0 spiro atoms. The molecule has 12 heavy (non-hydrogen) atoms. The van der Waals surface area contributed by atoms with Gasteiger partial charge < -0.3 is 10.2 Å². The Morgan fingerprint density at radius 3 is 1.50 bits per heavy atom. The van der Waals surface area contributed by atoms with Crippen LogP contribution in [-0.4, -0.2) is 22.4 Å². The summed E-state index contributed by atoms with van der Waals surface area (Å²) in [6.45, 7) is 0. The van der Waals surface area contributed by atoms with Crippen LogP contribution in [0.3, 0.4) is 0 Å². The van der Waals surface area contributed by atoms with Gasteiger partial charge in [-0.3, -0.25) is 0 Å². The van der Waals surface area contributed by atoms with E-state index in [4.69, 9.17) is 0 Å². The molecule has 0 amide bonds. The van der Waals surface area contributed by atoms with Crippen molar-refractivity contribution in [1.82, 2.24) is 0 Å². The zero-order valence-corrected chi connectivity index (χ0v) is 7.45. The minimum absolute atomic E-state index is 0.0542. The van der Waals surface area contributed by atoms with Crippen molar-refractivity contribution in [2.75, 3.05) is 0 Å². The molecular weight excluding hydrogens is 152 g/mol. The van der Waals surface area contributed by atoms with Gasteiger partial charge in [0.1, 0.15) is 0 Å². The Kier molecular flexibility index (Phi) is 2.37. The largest absolute Gasteiger partial charge is 0.393 e. The number of aliphatic hydroxyl groups is 2. The zero-order chi connectivity index (χ0) is 8.55. The summed E-state index contributed by atoms with van der Waals surface area (Å²) in [4.78, 5) is 0. The Bertz CT molecular complexity index is 140. The molecule has 2 heteroatoms. The third-order valence-electron chi connectivity index (χ3n) is 3.56. The Hall–Kier alpha value is -0.0800. The smallest absolute Gasteiger partial charge is 0.0543 e. The van der Waals surface area contributed by atoms with Crippen LogP contribution in [-0.2, 0) is 0 Å². The van der Waals surface area contributed by atoms with Crippen LogP contribution in [0.25, 0.3) is 0 Å². The summed E-state index contributed by atoms with van der Waals surface area (Å²) >= 11 is 0. The average Bonchev–Trinajstić information content (AvgIpc) is 2.05. The molecule has 2 saturated carbocycles. The summed E-state index contributed by atoms with van der Waals surface area (Å²) in [6.07, 6.45) is 6.02. The van der Waals surface area contributed by atoms with Gasteiger partial charge in [0.15, 0.2) is 0 Å². The van der Waals surface area contributed by atoms with E-state index in [0.29, 0.717) is 11.8 Å². The van der Waals surface area contributed by atoms with Crippen LogP contribution >= 0.6 is 0 Å². The molecule has 0 unspecified atom stereocenters. The van der Waals surface area contributed by atoms with Gasteiger partial charge in [-0.05, 0) is 50.4 Å². The molecule has 2 N–H and O–H groups in total. The molecule has 2 rings (SSSR count). The fourth-order valence-electron chi connectivity index (χ4n) is 2.84. The maximum atomic E-state index is 9.45. The maximum absolute atomic E-state index is 9.45. The molecule has 4 atom stereocenters. The van der Waals surface area contributed by atoms with Crippen LogP contribution in [0.4, 0.5) is 0 Å². The van der Waals surface area contributed by atoms with E-state index in [9.17, 15) is 10.2 Å². The van der Waals surface area contributed by atoms with Gasteiger partial charge in [-0.25, -0.2) is 0 Å². The normalized spacial score (nSPS) is 48.5. The van der Waals surface area contributed by atoms with E-state index in [1.807, 2.05) is 0 Å². The van der Waals surface area contributed by atoms with Gasteiger partial charge in [-0.2, -0.15) is 0 Å². The molecule has 0 radical (unpaired) electrons.